The number of nitriles is 1. The molecule has 0 aliphatic heterocycles. The number of ether oxygens (including phenoxy) is 1. The molecule has 4 nitrogen and oxygen atoms in total. The van der Waals surface area contributed by atoms with E-state index >= 15 is 0 Å². The molecule has 1 rings (SSSR count). The van der Waals surface area contributed by atoms with Crippen molar-refractivity contribution in [3.8, 4) is 11.8 Å². The van der Waals surface area contributed by atoms with Gasteiger partial charge in [0.05, 0.1) is 0 Å². The summed E-state index contributed by atoms with van der Waals surface area (Å²) in [5.41, 5.74) is 0.734. The second-order valence-corrected chi connectivity index (χ2v) is 4.44. The summed E-state index contributed by atoms with van der Waals surface area (Å²) in [5.74, 6) is 0.221. The Kier molecular flexibility index (Phi) is 6.05. The van der Waals surface area contributed by atoms with Gasteiger partial charge in [-0.1, -0.05) is 30.9 Å². The fourth-order valence-electron chi connectivity index (χ4n) is 1.52. The van der Waals surface area contributed by atoms with Gasteiger partial charge in [0.1, 0.15) is 24.0 Å². The number of nitrogens with one attached hydrogen (secondary N) is 1. The highest BCUT2D eigenvalue weighted by Gasteiger charge is 2.11. The summed E-state index contributed by atoms with van der Waals surface area (Å²) in [6.45, 7) is 7.64. The van der Waals surface area contributed by atoms with Gasteiger partial charge in [-0.05, 0) is 26.0 Å². The van der Waals surface area contributed by atoms with Crippen LogP contribution in [0.15, 0.2) is 42.5 Å². The Labute approximate surface area is 119 Å². The largest absolute Gasteiger partial charge is 0.489 e. The molecule has 1 amide bonds. The second kappa shape index (κ2) is 7.80. The second-order valence-electron chi connectivity index (χ2n) is 4.44. The van der Waals surface area contributed by atoms with Gasteiger partial charge in [-0.3, -0.25) is 4.79 Å². The topological polar surface area (TPSA) is 62.1 Å². The average Bonchev–Trinajstić information content (AvgIpc) is 2.42. The molecular weight excluding hydrogens is 252 g/mol. The first-order valence-corrected chi connectivity index (χ1v) is 6.34. The molecule has 0 atom stereocenters. The van der Waals surface area contributed by atoms with Crippen LogP contribution < -0.4 is 10.1 Å². The first kappa shape index (κ1) is 15.5. The van der Waals surface area contributed by atoms with E-state index in [2.05, 4.69) is 11.9 Å². The molecule has 0 bridgehead atoms. The maximum absolute atomic E-state index is 11.9. The molecule has 0 aliphatic carbocycles. The zero-order chi connectivity index (χ0) is 15.0. The number of amides is 1. The lowest BCUT2D eigenvalue weighted by Gasteiger charge is -2.09. The van der Waals surface area contributed by atoms with Crippen molar-refractivity contribution in [3.63, 3.8) is 0 Å². The zero-order valence-electron chi connectivity index (χ0n) is 11.7. The lowest BCUT2D eigenvalue weighted by atomic mass is 10.1. The summed E-state index contributed by atoms with van der Waals surface area (Å²) >= 11 is 0. The monoisotopic (exact) mass is 270 g/mol. The predicted octanol–water partition coefficient (Wildman–Crippen LogP) is 2.68. The number of carbonyl (C=O) groups excluding carboxylic acids is 1. The van der Waals surface area contributed by atoms with Crippen LogP contribution >= 0.6 is 0 Å². The normalized spacial score (nSPS) is 10.8. The molecule has 104 valence electrons. The summed E-state index contributed by atoms with van der Waals surface area (Å²) in [6.07, 6.45) is 3.16. The van der Waals surface area contributed by atoms with Gasteiger partial charge in [-0.15, -0.1) is 0 Å². The summed E-state index contributed by atoms with van der Waals surface area (Å²) in [6, 6.07) is 9.11. The molecular formula is C16H18N2O2. The molecule has 0 aliphatic rings. The van der Waals surface area contributed by atoms with Crippen LogP contribution in [-0.2, 0) is 4.79 Å². The van der Waals surface area contributed by atoms with Crippen molar-refractivity contribution in [3.05, 3.63) is 48.1 Å². The van der Waals surface area contributed by atoms with E-state index in [1.165, 1.54) is 6.08 Å². The smallest absolute Gasteiger partial charge is 0.262 e. The first-order chi connectivity index (χ1) is 9.58. The summed E-state index contributed by atoms with van der Waals surface area (Å²) < 4.78 is 5.49. The predicted molar refractivity (Wildman–Crippen MR) is 79.0 cm³/mol. The van der Waals surface area contributed by atoms with E-state index in [4.69, 9.17) is 10.00 Å². The van der Waals surface area contributed by atoms with Gasteiger partial charge in [0.2, 0.25) is 0 Å². The molecule has 0 fully saturated rings. The Morgan fingerprint density at radius 3 is 2.80 bits per heavy atom. The first-order valence-electron chi connectivity index (χ1n) is 6.34. The van der Waals surface area contributed by atoms with Crippen molar-refractivity contribution in [2.45, 2.75) is 19.9 Å². The van der Waals surface area contributed by atoms with E-state index in [0.717, 1.165) is 0 Å². The van der Waals surface area contributed by atoms with Gasteiger partial charge < -0.3 is 10.1 Å². The van der Waals surface area contributed by atoms with Crippen LogP contribution in [-0.4, -0.2) is 18.6 Å². The summed E-state index contributed by atoms with van der Waals surface area (Å²) in [4.78, 5) is 11.9. The Balaban J connectivity index is 3.04. The van der Waals surface area contributed by atoms with Crippen LogP contribution in [0.3, 0.4) is 0 Å². The Morgan fingerprint density at radius 2 is 2.20 bits per heavy atom. The maximum Gasteiger partial charge on any atom is 0.262 e. The lowest BCUT2D eigenvalue weighted by molar-refractivity contribution is -0.117. The molecule has 0 heterocycles. The number of carbonyl (C=O) groups is 1. The molecule has 1 aromatic carbocycles. The number of hydrogen-bond donors (Lipinski definition) is 1. The van der Waals surface area contributed by atoms with Gasteiger partial charge in [0.15, 0.2) is 0 Å². The van der Waals surface area contributed by atoms with Crippen molar-refractivity contribution in [2.75, 3.05) is 6.61 Å². The number of nitrogens with zero attached hydrogens (tertiary/aromatic N) is 1. The maximum atomic E-state index is 11.9. The summed E-state index contributed by atoms with van der Waals surface area (Å²) in [7, 11) is 0. The van der Waals surface area contributed by atoms with Gasteiger partial charge in [0, 0.05) is 11.6 Å². The number of para-hydroxylation sites is 1. The molecule has 1 aromatic rings. The van der Waals surface area contributed by atoms with Crippen LogP contribution in [0.25, 0.3) is 6.08 Å². The number of benzene rings is 1. The van der Waals surface area contributed by atoms with Crippen molar-refractivity contribution in [1.29, 1.82) is 5.26 Å². The Bertz CT molecular complexity index is 554. The third kappa shape index (κ3) is 4.62. The average molecular weight is 270 g/mol. The van der Waals surface area contributed by atoms with E-state index in [1.54, 1.807) is 18.2 Å². The highest BCUT2D eigenvalue weighted by Crippen LogP contribution is 2.21. The van der Waals surface area contributed by atoms with Crippen molar-refractivity contribution in [1.82, 2.24) is 5.32 Å². The Hall–Kier alpha value is -2.54. The minimum Gasteiger partial charge on any atom is -0.489 e. The van der Waals surface area contributed by atoms with E-state index in [1.807, 2.05) is 32.0 Å². The molecule has 0 aromatic heterocycles. The third-order valence-corrected chi connectivity index (χ3v) is 2.36. The van der Waals surface area contributed by atoms with Crippen LogP contribution in [0, 0.1) is 11.3 Å². The molecule has 0 saturated carbocycles. The van der Waals surface area contributed by atoms with Gasteiger partial charge >= 0.3 is 0 Å². The van der Waals surface area contributed by atoms with E-state index < -0.39 is 0 Å². The molecule has 0 unspecified atom stereocenters. The van der Waals surface area contributed by atoms with Gasteiger partial charge in [-0.25, -0.2) is 0 Å². The van der Waals surface area contributed by atoms with E-state index in [-0.39, 0.29) is 17.5 Å². The van der Waals surface area contributed by atoms with Gasteiger partial charge in [0.25, 0.3) is 5.91 Å². The standard InChI is InChI=1S/C16H18N2O2/c1-4-9-20-15-8-6-5-7-13(15)10-14(11-17)16(19)18-12(2)3/h4-8,10,12H,1,9H2,2-3H3,(H,18,19)/b14-10+. The quantitative estimate of drug-likeness (QED) is 0.491. The fraction of sp³-hybridized carbons (Fsp3) is 0.250. The third-order valence-electron chi connectivity index (χ3n) is 2.36. The minimum atomic E-state index is -0.388. The molecule has 4 heteroatoms. The lowest BCUT2D eigenvalue weighted by Crippen LogP contribution is -2.30. The Morgan fingerprint density at radius 1 is 1.50 bits per heavy atom. The van der Waals surface area contributed by atoms with E-state index in [0.29, 0.717) is 17.9 Å². The van der Waals surface area contributed by atoms with Gasteiger partial charge in [-0.2, -0.15) is 5.26 Å². The van der Waals surface area contributed by atoms with Crippen molar-refractivity contribution < 1.29 is 9.53 Å². The highest BCUT2D eigenvalue weighted by atomic mass is 16.5. The summed E-state index contributed by atoms with van der Waals surface area (Å²) in [5, 5.41) is 11.8. The van der Waals surface area contributed by atoms with Crippen LogP contribution in [0.5, 0.6) is 5.75 Å². The van der Waals surface area contributed by atoms with Crippen LogP contribution in [0.4, 0.5) is 0 Å². The number of hydrogen-bond acceptors (Lipinski definition) is 3. The zero-order valence-corrected chi connectivity index (χ0v) is 11.7. The fourth-order valence-corrected chi connectivity index (χ4v) is 1.52. The molecule has 20 heavy (non-hydrogen) atoms. The van der Waals surface area contributed by atoms with Crippen molar-refractivity contribution >= 4 is 12.0 Å². The molecule has 0 saturated heterocycles. The van der Waals surface area contributed by atoms with E-state index in [9.17, 15) is 4.79 Å². The highest BCUT2D eigenvalue weighted by molar-refractivity contribution is 6.02. The van der Waals surface area contributed by atoms with Crippen molar-refractivity contribution in [2.24, 2.45) is 0 Å². The molecule has 0 radical (unpaired) electrons. The number of rotatable bonds is 6. The van der Waals surface area contributed by atoms with Crippen LogP contribution in [0.2, 0.25) is 0 Å². The molecule has 1 N–H and O–H groups in total. The molecule has 0 spiro atoms. The SMILES string of the molecule is C=CCOc1ccccc1/C=C(\C#N)C(=O)NC(C)C. The van der Waals surface area contributed by atoms with Crippen LogP contribution in [0.1, 0.15) is 19.4 Å². The minimum absolute atomic E-state index is 0.0218.